The van der Waals surface area contributed by atoms with Crippen molar-refractivity contribution in [3.05, 3.63) is 52.1 Å². The molecule has 24 heavy (non-hydrogen) atoms. The fraction of sp³-hybridized carbons (Fsp3) is 0.312. The van der Waals surface area contributed by atoms with Gasteiger partial charge in [-0.3, -0.25) is 0 Å². The van der Waals surface area contributed by atoms with Crippen LogP contribution >= 0.6 is 23.2 Å². The molecule has 0 bridgehead atoms. The molecule has 2 heterocycles. The van der Waals surface area contributed by atoms with Crippen molar-refractivity contribution < 1.29 is 9.90 Å². The van der Waals surface area contributed by atoms with E-state index in [2.05, 4.69) is 27.0 Å². The second-order valence-corrected chi connectivity index (χ2v) is 6.19. The van der Waals surface area contributed by atoms with E-state index in [-0.39, 0.29) is 5.69 Å². The van der Waals surface area contributed by atoms with Crippen LogP contribution in [0, 0.1) is 0 Å². The number of rotatable bonds is 2. The number of carboxylic acids is 1. The van der Waals surface area contributed by atoms with Gasteiger partial charge in [-0.1, -0.05) is 29.3 Å². The van der Waals surface area contributed by atoms with Crippen LogP contribution in [0.2, 0.25) is 10.0 Å². The van der Waals surface area contributed by atoms with Crippen LogP contribution < -0.4 is 4.90 Å². The average Bonchev–Trinajstić information content (AvgIpc) is 2.56. The second kappa shape index (κ2) is 8.82. The Morgan fingerprint density at radius 1 is 1.04 bits per heavy atom. The summed E-state index contributed by atoms with van der Waals surface area (Å²) in [5.41, 5.74) is -0.0159. The lowest BCUT2D eigenvalue weighted by Crippen LogP contribution is -2.44. The standard InChI is InChI=1S/C10H14N4O2.C6H4Cl2/c1-13-4-6-14(7-5-13)9-3-2-8(10(15)16)11-12-9;7-5-2-1-3-6(8)4-5/h2-3H,4-7H2,1H3,(H,15,16);1-4H. The summed E-state index contributed by atoms with van der Waals surface area (Å²) < 4.78 is 0. The van der Waals surface area contributed by atoms with Crippen molar-refractivity contribution in [3.63, 3.8) is 0 Å². The number of piperazine rings is 1. The molecule has 0 saturated carbocycles. The molecule has 1 saturated heterocycles. The molecule has 1 N–H and O–H groups in total. The summed E-state index contributed by atoms with van der Waals surface area (Å²) in [4.78, 5) is 15.0. The second-order valence-electron chi connectivity index (χ2n) is 5.31. The molecule has 0 spiro atoms. The third-order valence-corrected chi connectivity index (χ3v) is 3.95. The van der Waals surface area contributed by atoms with E-state index in [0.29, 0.717) is 10.0 Å². The Morgan fingerprint density at radius 2 is 1.67 bits per heavy atom. The predicted molar refractivity (Wildman–Crippen MR) is 95.2 cm³/mol. The van der Waals surface area contributed by atoms with Crippen molar-refractivity contribution in [2.24, 2.45) is 0 Å². The molecule has 0 unspecified atom stereocenters. The number of carbonyl (C=O) groups is 1. The molecule has 0 aliphatic carbocycles. The molecule has 1 aliphatic rings. The molecule has 8 heteroatoms. The first kappa shape index (κ1) is 18.4. The maximum atomic E-state index is 10.6. The maximum Gasteiger partial charge on any atom is 0.356 e. The number of hydrogen-bond donors (Lipinski definition) is 1. The molecule has 0 atom stereocenters. The van der Waals surface area contributed by atoms with E-state index in [4.69, 9.17) is 28.3 Å². The van der Waals surface area contributed by atoms with Gasteiger partial charge < -0.3 is 14.9 Å². The first-order valence-electron chi connectivity index (χ1n) is 7.37. The maximum absolute atomic E-state index is 10.6. The van der Waals surface area contributed by atoms with Gasteiger partial charge in [0.2, 0.25) is 0 Å². The summed E-state index contributed by atoms with van der Waals surface area (Å²) in [6.45, 7) is 3.78. The lowest BCUT2D eigenvalue weighted by molar-refractivity contribution is 0.0689. The highest BCUT2D eigenvalue weighted by atomic mass is 35.5. The van der Waals surface area contributed by atoms with Gasteiger partial charge >= 0.3 is 5.97 Å². The molecule has 128 valence electrons. The smallest absolute Gasteiger partial charge is 0.356 e. The van der Waals surface area contributed by atoms with Crippen molar-refractivity contribution in [2.75, 3.05) is 38.1 Å². The SMILES string of the molecule is CN1CCN(c2ccc(C(=O)O)nn2)CC1.Clc1cccc(Cl)c1. The third-order valence-electron chi connectivity index (χ3n) is 3.48. The highest BCUT2D eigenvalue weighted by molar-refractivity contribution is 6.34. The Bertz CT molecular complexity index is 657. The Balaban J connectivity index is 0.000000219. The van der Waals surface area contributed by atoms with E-state index in [0.717, 1.165) is 32.0 Å². The quantitative estimate of drug-likeness (QED) is 0.878. The van der Waals surface area contributed by atoms with Crippen LogP contribution in [-0.2, 0) is 0 Å². The van der Waals surface area contributed by atoms with E-state index < -0.39 is 5.97 Å². The Labute approximate surface area is 150 Å². The molecular formula is C16H18Cl2N4O2. The topological polar surface area (TPSA) is 69.6 Å². The fourth-order valence-electron chi connectivity index (χ4n) is 2.10. The van der Waals surface area contributed by atoms with E-state index in [1.165, 1.54) is 6.07 Å². The highest BCUT2D eigenvalue weighted by Gasteiger charge is 2.16. The Hall–Kier alpha value is -1.89. The van der Waals surface area contributed by atoms with Crippen LogP contribution in [0.5, 0.6) is 0 Å². The van der Waals surface area contributed by atoms with Crippen molar-refractivity contribution in [1.82, 2.24) is 15.1 Å². The van der Waals surface area contributed by atoms with Gasteiger partial charge in [-0.25, -0.2) is 4.79 Å². The van der Waals surface area contributed by atoms with Crippen LogP contribution in [0.15, 0.2) is 36.4 Å². The summed E-state index contributed by atoms with van der Waals surface area (Å²) in [5, 5.41) is 17.6. The van der Waals surface area contributed by atoms with Crippen molar-refractivity contribution >= 4 is 35.0 Å². The Morgan fingerprint density at radius 3 is 2.08 bits per heavy atom. The van der Waals surface area contributed by atoms with Crippen molar-refractivity contribution in [2.45, 2.75) is 0 Å². The van der Waals surface area contributed by atoms with Crippen molar-refractivity contribution in [1.29, 1.82) is 0 Å². The molecule has 0 radical (unpaired) electrons. The number of aromatic nitrogens is 2. The zero-order valence-electron chi connectivity index (χ0n) is 13.2. The fourth-order valence-corrected chi connectivity index (χ4v) is 2.54. The van der Waals surface area contributed by atoms with Gasteiger partial charge in [-0.15, -0.1) is 10.2 Å². The summed E-state index contributed by atoms with van der Waals surface area (Å²) in [7, 11) is 2.08. The molecule has 1 fully saturated rings. The summed E-state index contributed by atoms with van der Waals surface area (Å²) in [6, 6.07) is 10.3. The van der Waals surface area contributed by atoms with Gasteiger partial charge in [0.25, 0.3) is 0 Å². The van der Waals surface area contributed by atoms with Crippen LogP contribution in [0.4, 0.5) is 5.82 Å². The Kier molecular flexibility index (Phi) is 6.78. The minimum atomic E-state index is -1.04. The van der Waals surface area contributed by atoms with Gasteiger partial charge in [0, 0.05) is 36.2 Å². The van der Waals surface area contributed by atoms with E-state index in [1.54, 1.807) is 24.3 Å². The normalized spacial score (nSPS) is 14.7. The molecule has 2 aromatic rings. The monoisotopic (exact) mass is 368 g/mol. The molecule has 0 amide bonds. The van der Waals surface area contributed by atoms with Gasteiger partial charge in [0.05, 0.1) is 0 Å². The number of hydrogen-bond acceptors (Lipinski definition) is 5. The first-order valence-corrected chi connectivity index (χ1v) is 8.13. The lowest BCUT2D eigenvalue weighted by Gasteiger charge is -2.32. The van der Waals surface area contributed by atoms with Gasteiger partial charge in [-0.05, 0) is 37.4 Å². The number of likely N-dealkylation sites (N-methyl/N-ethyl adjacent to an activating group) is 1. The van der Waals surface area contributed by atoms with Crippen LogP contribution in [0.3, 0.4) is 0 Å². The van der Waals surface area contributed by atoms with Gasteiger partial charge in [0.1, 0.15) is 0 Å². The minimum Gasteiger partial charge on any atom is -0.476 e. The van der Waals surface area contributed by atoms with Crippen molar-refractivity contribution in [3.8, 4) is 0 Å². The minimum absolute atomic E-state index is 0.0159. The van der Waals surface area contributed by atoms with Crippen LogP contribution in [0.25, 0.3) is 0 Å². The highest BCUT2D eigenvalue weighted by Crippen LogP contribution is 2.14. The van der Waals surface area contributed by atoms with Gasteiger partial charge in [-0.2, -0.15) is 0 Å². The first-order chi connectivity index (χ1) is 11.5. The number of benzene rings is 1. The number of nitrogens with zero attached hydrogens (tertiary/aromatic N) is 4. The zero-order valence-corrected chi connectivity index (χ0v) is 14.7. The third kappa shape index (κ3) is 5.63. The van der Waals surface area contributed by atoms with Crippen LogP contribution in [-0.4, -0.2) is 59.4 Å². The molecule has 3 rings (SSSR count). The average molecular weight is 369 g/mol. The lowest BCUT2D eigenvalue weighted by atomic mass is 10.3. The van der Waals surface area contributed by atoms with E-state index >= 15 is 0 Å². The zero-order chi connectivity index (χ0) is 17.5. The molecule has 1 aliphatic heterocycles. The summed E-state index contributed by atoms with van der Waals surface area (Å²) in [5.74, 6) is -0.296. The largest absolute Gasteiger partial charge is 0.476 e. The summed E-state index contributed by atoms with van der Waals surface area (Å²) in [6.07, 6.45) is 0. The molecule has 6 nitrogen and oxygen atoms in total. The number of carboxylic acid groups (broad SMARTS) is 1. The number of aromatic carboxylic acids is 1. The number of anilines is 1. The van der Waals surface area contributed by atoms with E-state index in [9.17, 15) is 4.79 Å². The molecule has 1 aromatic carbocycles. The summed E-state index contributed by atoms with van der Waals surface area (Å²) >= 11 is 11.1. The van der Waals surface area contributed by atoms with Crippen LogP contribution in [0.1, 0.15) is 10.5 Å². The number of halogens is 2. The molecule has 1 aromatic heterocycles. The molecular weight excluding hydrogens is 351 g/mol. The van der Waals surface area contributed by atoms with E-state index in [1.807, 2.05) is 6.07 Å². The van der Waals surface area contributed by atoms with Gasteiger partial charge in [0.15, 0.2) is 11.5 Å². The predicted octanol–water partition coefficient (Wildman–Crippen LogP) is 2.92.